The molecule has 0 spiro atoms. The van der Waals surface area contributed by atoms with Gasteiger partial charge in [-0.15, -0.1) is 0 Å². The van der Waals surface area contributed by atoms with Gasteiger partial charge in [-0.25, -0.2) is 4.39 Å². The van der Waals surface area contributed by atoms with Crippen molar-refractivity contribution in [3.8, 4) is 11.3 Å². The lowest BCUT2D eigenvalue weighted by Gasteiger charge is -1.96. The van der Waals surface area contributed by atoms with Gasteiger partial charge in [-0.1, -0.05) is 0 Å². The molecular weight excluding hydrogens is 197 g/mol. The van der Waals surface area contributed by atoms with Crippen LogP contribution >= 0.6 is 0 Å². The summed E-state index contributed by atoms with van der Waals surface area (Å²) in [5, 5.41) is 3.94. The number of hydrogen-bond donors (Lipinski definition) is 0. The lowest BCUT2D eigenvalue weighted by Crippen LogP contribution is -1.89. The van der Waals surface area contributed by atoms with E-state index in [1.807, 2.05) is 0 Å². The number of carbonyl (C=O) groups is 1. The van der Waals surface area contributed by atoms with E-state index in [9.17, 15) is 9.18 Å². The van der Waals surface area contributed by atoms with Crippen molar-refractivity contribution in [2.24, 2.45) is 7.05 Å². The number of halogens is 1. The van der Waals surface area contributed by atoms with Gasteiger partial charge in [0, 0.05) is 18.8 Å². The molecule has 0 amide bonds. The summed E-state index contributed by atoms with van der Waals surface area (Å²) in [5.74, 6) is -0.407. The monoisotopic (exact) mass is 205 g/mol. The van der Waals surface area contributed by atoms with Crippen molar-refractivity contribution in [3.05, 3.63) is 36.0 Å². The molecule has 2 aromatic rings. The molecule has 2 heterocycles. The van der Waals surface area contributed by atoms with E-state index in [1.165, 1.54) is 16.8 Å². The minimum Gasteiger partial charge on any atom is -0.296 e. The first-order chi connectivity index (χ1) is 7.20. The molecule has 0 radical (unpaired) electrons. The van der Waals surface area contributed by atoms with Crippen LogP contribution in [0, 0.1) is 5.82 Å². The summed E-state index contributed by atoms with van der Waals surface area (Å²) in [5.41, 5.74) is 1.44. The summed E-state index contributed by atoms with van der Waals surface area (Å²) in [6.07, 6.45) is 3.43. The topological polar surface area (TPSA) is 47.8 Å². The predicted molar refractivity (Wildman–Crippen MR) is 51.8 cm³/mol. The van der Waals surface area contributed by atoms with E-state index < -0.39 is 5.82 Å². The van der Waals surface area contributed by atoms with Gasteiger partial charge in [0.1, 0.15) is 11.5 Å². The molecule has 0 saturated heterocycles. The van der Waals surface area contributed by atoms with Crippen LogP contribution in [-0.2, 0) is 7.05 Å². The zero-order valence-electron chi connectivity index (χ0n) is 8.01. The molecule has 2 aromatic heterocycles. The second-order valence-corrected chi connectivity index (χ2v) is 3.08. The Morgan fingerprint density at radius 2 is 2.27 bits per heavy atom. The molecule has 0 unspecified atom stereocenters. The van der Waals surface area contributed by atoms with E-state index in [2.05, 4.69) is 10.1 Å². The van der Waals surface area contributed by atoms with Gasteiger partial charge in [0.05, 0.1) is 11.9 Å². The van der Waals surface area contributed by atoms with Crippen molar-refractivity contribution in [2.45, 2.75) is 0 Å². The molecule has 0 atom stereocenters. The summed E-state index contributed by atoms with van der Waals surface area (Å²) in [6, 6.07) is 2.81. The number of aryl methyl sites for hydroxylation is 1. The van der Waals surface area contributed by atoms with Gasteiger partial charge in [0.2, 0.25) is 0 Å². The standard InChI is InChI=1S/C10H8FN3O/c1-14-5-8(10(6-15)13-14)9-3-2-7(11)4-12-9/h2-6H,1H3. The Labute approximate surface area is 85.4 Å². The van der Waals surface area contributed by atoms with Gasteiger partial charge in [-0.2, -0.15) is 5.10 Å². The molecule has 0 aliphatic rings. The molecule has 2 rings (SSSR count). The highest BCUT2D eigenvalue weighted by molar-refractivity contribution is 5.83. The van der Waals surface area contributed by atoms with Crippen molar-refractivity contribution < 1.29 is 9.18 Å². The van der Waals surface area contributed by atoms with Crippen LogP contribution in [0.2, 0.25) is 0 Å². The highest BCUT2D eigenvalue weighted by Gasteiger charge is 2.09. The minimum absolute atomic E-state index is 0.302. The molecular formula is C10H8FN3O. The minimum atomic E-state index is -0.407. The van der Waals surface area contributed by atoms with Gasteiger partial charge in [0.15, 0.2) is 6.29 Å². The Morgan fingerprint density at radius 3 is 2.87 bits per heavy atom. The Kier molecular flexibility index (Phi) is 2.29. The highest BCUT2D eigenvalue weighted by Crippen LogP contribution is 2.19. The van der Waals surface area contributed by atoms with E-state index in [0.717, 1.165) is 6.20 Å². The zero-order valence-corrected chi connectivity index (χ0v) is 8.01. The van der Waals surface area contributed by atoms with Crippen LogP contribution < -0.4 is 0 Å². The van der Waals surface area contributed by atoms with Gasteiger partial charge in [-0.3, -0.25) is 14.5 Å². The molecule has 0 aromatic carbocycles. The van der Waals surface area contributed by atoms with E-state index in [-0.39, 0.29) is 0 Å². The van der Waals surface area contributed by atoms with E-state index in [4.69, 9.17) is 0 Å². The first kappa shape index (κ1) is 9.51. The van der Waals surface area contributed by atoms with Gasteiger partial charge >= 0.3 is 0 Å². The van der Waals surface area contributed by atoms with E-state index >= 15 is 0 Å². The number of aromatic nitrogens is 3. The summed E-state index contributed by atoms with van der Waals surface area (Å²) >= 11 is 0. The molecule has 5 heteroatoms. The Hall–Kier alpha value is -2.04. The molecule has 0 aliphatic heterocycles. The first-order valence-electron chi connectivity index (χ1n) is 4.31. The average molecular weight is 205 g/mol. The molecule has 76 valence electrons. The third kappa shape index (κ3) is 1.76. The number of carbonyl (C=O) groups excluding carboxylic acids is 1. The second kappa shape index (κ2) is 3.61. The molecule has 0 saturated carbocycles. The third-order valence-electron chi connectivity index (χ3n) is 1.97. The number of pyridine rings is 1. The maximum atomic E-state index is 12.6. The fourth-order valence-electron chi connectivity index (χ4n) is 1.33. The fourth-order valence-corrected chi connectivity index (χ4v) is 1.33. The van der Waals surface area contributed by atoms with Crippen molar-refractivity contribution >= 4 is 6.29 Å². The first-order valence-corrected chi connectivity index (χ1v) is 4.31. The normalized spacial score (nSPS) is 10.3. The molecule has 0 aliphatic carbocycles. The fraction of sp³-hybridized carbons (Fsp3) is 0.100. The number of hydrogen-bond acceptors (Lipinski definition) is 3. The predicted octanol–water partition coefficient (Wildman–Crippen LogP) is 1.43. The molecule has 0 fully saturated rings. The molecule has 15 heavy (non-hydrogen) atoms. The Morgan fingerprint density at radius 1 is 1.47 bits per heavy atom. The zero-order chi connectivity index (χ0) is 10.8. The lowest BCUT2D eigenvalue weighted by atomic mass is 10.2. The Balaban J connectivity index is 2.52. The number of rotatable bonds is 2. The van der Waals surface area contributed by atoms with Crippen molar-refractivity contribution in [2.75, 3.05) is 0 Å². The van der Waals surface area contributed by atoms with E-state index in [1.54, 1.807) is 13.2 Å². The van der Waals surface area contributed by atoms with Gasteiger partial charge in [0.25, 0.3) is 0 Å². The largest absolute Gasteiger partial charge is 0.296 e. The molecule has 0 N–H and O–H groups in total. The molecule has 0 bridgehead atoms. The van der Waals surface area contributed by atoms with Gasteiger partial charge < -0.3 is 0 Å². The van der Waals surface area contributed by atoms with E-state index in [0.29, 0.717) is 23.2 Å². The number of nitrogens with zero attached hydrogens (tertiary/aromatic N) is 3. The summed E-state index contributed by atoms with van der Waals surface area (Å²) < 4.78 is 14.2. The quantitative estimate of drug-likeness (QED) is 0.697. The van der Waals surface area contributed by atoms with Crippen LogP contribution in [-0.4, -0.2) is 21.1 Å². The van der Waals surface area contributed by atoms with Gasteiger partial charge in [-0.05, 0) is 12.1 Å². The summed E-state index contributed by atoms with van der Waals surface area (Å²) in [6.45, 7) is 0. The van der Waals surface area contributed by atoms with Crippen LogP contribution in [0.15, 0.2) is 24.5 Å². The average Bonchev–Trinajstić information content (AvgIpc) is 2.61. The smallest absolute Gasteiger partial charge is 0.171 e. The third-order valence-corrected chi connectivity index (χ3v) is 1.97. The summed E-state index contributed by atoms with van der Waals surface area (Å²) in [4.78, 5) is 14.6. The van der Waals surface area contributed by atoms with Crippen LogP contribution in [0.4, 0.5) is 4.39 Å². The second-order valence-electron chi connectivity index (χ2n) is 3.08. The Bertz CT molecular complexity index is 490. The van der Waals surface area contributed by atoms with Crippen molar-refractivity contribution in [1.29, 1.82) is 0 Å². The van der Waals surface area contributed by atoms with Crippen LogP contribution in [0.5, 0.6) is 0 Å². The van der Waals surface area contributed by atoms with Crippen molar-refractivity contribution in [3.63, 3.8) is 0 Å². The summed E-state index contributed by atoms with van der Waals surface area (Å²) in [7, 11) is 1.71. The highest BCUT2D eigenvalue weighted by atomic mass is 19.1. The molecule has 4 nitrogen and oxygen atoms in total. The van der Waals surface area contributed by atoms with Crippen LogP contribution in [0.1, 0.15) is 10.5 Å². The maximum Gasteiger partial charge on any atom is 0.171 e. The van der Waals surface area contributed by atoms with Crippen LogP contribution in [0.25, 0.3) is 11.3 Å². The maximum absolute atomic E-state index is 12.6. The number of aldehydes is 1. The SMILES string of the molecule is Cn1cc(-c2ccc(F)cn2)c(C=O)n1. The van der Waals surface area contributed by atoms with Crippen molar-refractivity contribution in [1.82, 2.24) is 14.8 Å². The lowest BCUT2D eigenvalue weighted by molar-refractivity contribution is 0.111. The van der Waals surface area contributed by atoms with Crippen LogP contribution in [0.3, 0.4) is 0 Å².